The highest BCUT2D eigenvalue weighted by Gasteiger charge is 2.31. The molecule has 1 saturated carbocycles. The van der Waals surface area contributed by atoms with Gasteiger partial charge in [0.15, 0.2) is 0 Å². The van der Waals surface area contributed by atoms with Gasteiger partial charge in [0.25, 0.3) is 0 Å². The molecule has 0 saturated heterocycles. The molecule has 2 atom stereocenters. The van der Waals surface area contributed by atoms with Crippen LogP contribution >= 0.6 is 0 Å². The van der Waals surface area contributed by atoms with E-state index in [-0.39, 0.29) is 18.2 Å². The van der Waals surface area contributed by atoms with Crippen LogP contribution in [0.5, 0.6) is 0 Å². The van der Waals surface area contributed by atoms with E-state index in [9.17, 15) is 23.1 Å². The van der Waals surface area contributed by atoms with Gasteiger partial charge in [0.05, 0.1) is 11.7 Å². The SMILES string of the molecule is CC(NC(=O)NCC(O)c1cccc(C(F)(F)F)c1)C1CCC1. The van der Waals surface area contributed by atoms with Gasteiger partial charge in [-0.3, -0.25) is 0 Å². The first kappa shape index (κ1) is 17.6. The van der Waals surface area contributed by atoms with Crippen LogP contribution < -0.4 is 10.6 Å². The van der Waals surface area contributed by atoms with E-state index < -0.39 is 23.9 Å². The first-order valence-electron chi connectivity index (χ1n) is 7.67. The van der Waals surface area contributed by atoms with Gasteiger partial charge in [-0.05, 0) is 43.4 Å². The van der Waals surface area contributed by atoms with Gasteiger partial charge >= 0.3 is 12.2 Å². The number of hydrogen-bond acceptors (Lipinski definition) is 2. The van der Waals surface area contributed by atoms with Gasteiger partial charge in [-0.2, -0.15) is 13.2 Å². The molecular formula is C16H21F3N2O2. The number of rotatable bonds is 5. The van der Waals surface area contributed by atoms with Gasteiger partial charge in [0.2, 0.25) is 0 Å². The second-order valence-electron chi connectivity index (χ2n) is 5.97. The first-order valence-corrected chi connectivity index (χ1v) is 7.67. The summed E-state index contributed by atoms with van der Waals surface area (Å²) < 4.78 is 37.9. The average Bonchev–Trinajstić information content (AvgIpc) is 2.42. The van der Waals surface area contributed by atoms with Crippen molar-refractivity contribution in [2.45, 2.75) is 44.5 Å². The minimum Gasteiger partial charge on any atom is -0.387 e. The predicted molar refractivity (Wildman–Crippen MR) is 79.7 cm³/mol. The average molecular weight is 330 g/mol. The number of amides is 2. The van der Waals surface area contributed by atoms with Crippen LogP contribution in [0.25, 0.3) is 0 Å². The van der Waals surface area contributed by atoms with Gasteiger partial charge in [0.1, 0.15) is 0 Å². The van der Waals surface area contributed by atoms with E-state index in [1.807, 2.05) is 6.92 Å². The van der Waals surface area contributed by atoms with E-state index in [0.29, 0.717) is 5.92 Å². The van der Waals surface area contributed by atoms with E-state index in [2.05, 4.69) is 10.6 Å². The molecule has 0 aliphatic heterocycles. The molecule has 0 heterocycles. The Labute approximate surface area is 133 Å². The summed E-state index contributed by atoms with van der Waals surface area (Å²) in [6.45, 7) is 1.77. The van der Waals surface area contributed by atoms with Crippen molar-refractivity contribution in [3.8, 4) is 0 Å². The van der Waals surface area contributed by atoms with Crippen molar-refractivity contribution in [3.63, 3.8) is 0 Å². The number of nitrogens with one attached hydrogen (secondary N) is 2. The number of halogens is 3. The molecule has 23 heavy (non-hydrogen) atoms. The second-order valence-corrected chi connectivity index (χ2v) is 5.97. The lowest BCUT2D eigenvalue weighted by Gasteiger charge is -2.31. The Morgan fingerprint density at radius 1 is 1.39 bits per heavy atom. The highest BCUT2D eigenvalue weighted by Crippen LogP contribution is 2.31. The topological polar surface area (TPSA) is 61.4 Å². The van der Waals surface area contributed by atoms with Gasteiger partial charge in [-0.15, -0.1) is 0 Å². The standard InChI is InChI=1S/C16H21F3N2O2/c1-10(11-4-2-5-11)21-15(23)20-9-14(22)12-6-3-7-13(8-12)16(17,18)19/h3,6-8,10-11,14,22H,2,4-5,9H2,1H3,(H2,20,21,23). The third kappa shape index (κ3) is 4.86. The van der Waals surface area contributed by atoms with E-state index in [4.69, 9.17) is 0 Å². The third-order valence-corrected chi connectivity index (χ3v) is 4.27. The lowest BCUT2D eigenvalue weighted by atomic mass is 9.80. The molecule has 1 fully saturated rings. The summed E-state index contributed by atoms with van der Waals surface area (Å²) in [5, 5.41) is 15.2. The molecule has 3 N–H and O–H groups in total. The smallest absolute Gasteiger partial charge is 0.387 e. The Balaban J connectivity index is 1.84. The number of hydrogen-bond donors (Lipinski definition) is 3. The zero-order valence-corrected chi connectivity index (χ0v) is 12.9. The molecule has 1 aliphatic carbocycles. The monoisotopic (exact) mass is 330 g/mol. The van der Waals surface area contributed by atoms with Crippen molar-refractivity contribution < 1.29 is 23.1 Å². The molecular weight excluding hydrogens is 309 g/mol. The summed E-state index contributed by atoms with van der Waals surface area (Å²) in [4.78, 5) is 11.7. The maximum absolute atomic E-state index is 12.6. The van der Waals surface area contributed by atoms with Crippen molar-refractivity contribution >= 4 is 6.03 Å². The molecule has 1 aromatic rings. The van der Waals surface area contributed by atoms with Crippen LogP contribution in [0.3, 0.4) is 0 Å². The zero-order chi connectivity index (χ0) is 17.0. The Morgan fingerprint density at radius 2 is 2.09 bits per heavy atom. The van der Waals surface area contributed by atoms with Gasteiger partial charge in [-0.25, -0.2) is 4.79 Å². The lowest BCUT2D eigenvalue weighted by molar-refractivity contribution is -0.137. The van der Waals surface area contributed by atoms with E-state index in [1.165, 1.54) is 18.6 Å². The summed E-state index contributed by atoms with van der Waals surface area (Å²) in [6, 6.07) is 4.10. The van der Waals surface area contributed by atoms with Crippen LogP contribution in [0.1, 0.15) is 43.4 Å². The number of carbonyl (C=O) groups excluding carboxylic acids is 1. The van der Waals surface area contributed by atoms with Crippen molar-refractivity contribution in [1.82, 2.24) is 10.6 Å². The van der Waals surface area contributed by atoms with Crippen molar-refractivity contribution in [2.24, 2.45) is 5.92 Å². The molecule has 128 valence electrons. The molecule has 0 bridgehead atoms. The minimum atomic E-state index is -4.46. The molecule has 7 heteroatoms. The summed E-state index contributed by atoms with van der Waals surface area (Å²) in [6.07, 6.45) is -2.30. The highest BCUT2D eigenvalue weighted by atomic mass is 19.4. The Kier molecular flexibility index (Phi) is 5.51. The van der Waals surface area contributed by atoms with Crippen LogP contribution in [-0.2, 0) is 6.18 Å². The summed E-state index contributed by atoms with van der Waals surface area (Å²) in [5.74, 6) is 0.481. The fourth-order valence-electron chi connectivity index (χ4n) is 2.54. The van der Waals surface area contributed by atoms with Gasteiger partial charge in [0, 0.05) is 12.6 Å². The predicted octanol–water partition coefficient (Wildman–Crippen LogP) is 3.23. The molecule has 0 radical (unpaired) electrons. The van der Waals surface area contributed by atoms with Crippen LogP contribution in [0.4, 0.5) is 18.0 Å². The lowest BCUT2D eigenvalue weighted by Crippen LogP contribution is -2.46. The number of benzene rings is 1. The van der Waals surface area contributed by atoms with Crippen molar-refractivity contribution in [2.75, 3.05) is 6.54 Å². The Hall–Kier alpha value is -1.76. The number of aliphatic hydroxyl groups excluding tert-OH is 1. The van der Waals surface area contributed by atoms with E-state index in [0.717, 1.165) is 25.0 Å². The number of aliphatic hydroxyl groups is 1. The van der Waals surface area contributed by atoms with E-state index >= 15 is 0 Å². The molecule has 0 aromatic heterocycles. The third-order valence-electron chi connectivity index (χ3n) is 4.27. The number of urea groups is 1. The first-order chi connectivity index (χ1) is 10.8. The molecule has 4 nitrogen and oxygen atoms in total. The van der Waals surface area contributed by atoms with E-state index in [1.54, 1.807) is 0 Å². The maximum Gasteiger partial charge on any atom is 0.416 e. The van der Waals surface area contributed by atoms with Crippen LogP contribution in [0, 0.1) is 5.92 Å². The second kappa shape index (κ2) is 7.21. The van der Waals surface area contributed by atoms with Crippen molar-refractivity contribution in [3.05, 3.63) is 35.4 Å². The fourth-order valence-corrected chi connectivity index (χ4v) is 2.54. The number of alkyl halides is 3. The van der Waals surface area contributed by atoms with Gasteiger partial charge in [-0.1, -0.05) is 18.6 Å². The quantitative estimate of drug-likeness (QED) is 0.776. The largest absolute Gasteiger partial charge is 0.416 e. The maximum atomic E-state index is 12.6. The zero-order valence-electron chi connectivity index (χ0n) is 12.9. The van der Waals surface area contributed by atoms with Crippen molar-refractivity contribution in [1.29, 1.82) is 0 Å². The number of carbonyl (C=O) groups is 1. The molecule has 2 rings (SSSR count). The molecule has 0 spiro atoms. The summed E-state index contributed by atoms with van der Waals surface area (Å²) >= 11 is 0. The Morgan fingerprint density at radius 3 is 2.65 bits per heavy atom. The van der Waals surface area contributed by atoms with Crippen LogP contribution in [-0.4, -0.2) is 23.7 Å². The van der Waals surface area contributed by atoms with Crippen LogP contribution in [0.2, 0.25) is 0 Å². The molecule has 2 unspecified atom stereocenters. The fraction of sp³-hybridized carbons (Fsp3) is 0.562. The summed E-state index contributed by atoms with van der Waals surface area (Å²) in [5.41, 5.74) is -0.704. The minimum absolute atomic E-state index is 0.0504. The summed E-state index contributed by atoms with van der Waals surface area (Å²) in [7, 11) is 0. The molecule has 1 aliphatic rings. The highest BCUT2D eigenvalue weighted by molar-refractivity contribution is 5.74. The molecule has 1 aromatic carbocycles. The van der Waals surface area contributed by atoms with Gasteiger partial charge < -0.3 is 15.7 Å². The molecule has 2 amide bonds. The van der Waals surface area contributed by atoms with Crippen LogP contribution in [0.15, 0.2) is 24.3 Å². The normalized spacial score (nSPS) is 18.0. The Bertz CT molecular complexity index is 544.